The van der Waals surface area contributed by atoms with Crippen molar-refractivity contribution in [2.24, 2.45) is 5.92 Å². The van der Waals surface area contributed by atoms with Crippen LogP contribution in [0.5, 0.6) is 0 Å². The molecule has 1 aliphatic carbocycles. The number of fused-ring (bicyclic) bond motifs is 2. The van der Waals surface area contributed by atoms with Crippen molar-refractivity contribution < 1.29 is 4.79 Å². The number of piperidine rings is 1. The Morgan fingerprint density at radius 3 is 2.74 bits per heavy atom. The van der Waals surface area contributed by atoms with Gasteiger partial charge in [-0.3, -0.25) is 0 Å². The standard InChI is InChI=1S/C15H19ClN2O/c16-13-4-1-11(2-5-13)7-8-17-15(19)18-10-12-3-6-14(18)9-12/h1-2,4-5,12,14H,3,6-10H2,(H,17,19). The second-order valence-corrected chi connectivity index (χ2v) is 6.03. The number of hydrogen-bond donors (Lipinski definition) is 1. The average Bonchev–Trinajstić information content (AvgIpc) is 3.03. The maximum absolute atomic E-state index is 12.1. The van der Waals surface area contributed by atoms with Crippen LogP contribution in [0.15, 0.2) is 24.3 Å². The van der Waals surface area contributed by atoms with Crippen molar-refractivity contribution in [2.75, 3.05) is 13.1 Å². The smallest absolute Gasteiger partial charge is 0.317 e. The summed E-state index contributed by atoms with van der Waals surface area (Å²) in [6.45, 7) is 1.64. The van der Waals surface area contributed by atoms with Gasteiger partial charge in [0.25, 0.3) is 0 Å². The van der Waals surface area contributed by atoms with Gasteiger partial charge in [-0.2, -0.15) is 0 Å². The van der Waals surface area contributed by atoms with E-state index in [0.29, 0.717) is 12.6 Å². The molecule has 3 rings (SSSR count). The predicted octanol–water partition coefficient (Wildman–Crippen LogP) is 3.08. The van der Waals surface area contributed by atoms with Crippen molar-refractivity contribution in [3.05, 3.63) is 34.9 Å². The number of halogens is 1. The SMILES string of the molecule is O=C(NCCc1ccc(Cl)cc1)N1CC2CCC1C2. The van der Waals surface area contributed by atoms with Gasteiger partial charge in [-0.25, -0.2) is 4.79 Å². The maximum atomic E-state index is 12.1. The number of amides is 2. The third kappa shape index (κ3) is 2.86. The lowest BCUT2D eigenvalue weighted by molar-refractivity contribution is 0.181. The van der Waals surface area contributed by atoms with Crippen LogP contribution >= 0.6 is 11.6 Å². The number of nitrogens with zero attached hydrogens (tertiary/aromatic N) is 1. The zero-order chi connectivity index (χ0) is 13.2. The van der Waals surface area contributed by atoms with Gasteiger partial charge in [0.1, 0.15) is 0 Å². The number of benzene rings is 1. The summed E-state index contributed by atoms with van der Waals surface area (Å²) >= 11 is 5.84. The molecule has 0 aromatic heterocycles. The lowest BCUT2D eigenvalue weighted by atomic mass is 10.1. The van der Waals surface area contributed by atoms with Gasteiger partial charge in [-0.1, -0.05) is 23.7 Å². The molecule has 1 saturated carbocycles. The third-order valence-corrected chi connectivity index (χ3v) is 4.53. The number of hydrogen-bond acceptors (Lipinski definition) is 1. The Kier molecular flexibility index (Phi) is 3.65. The monoisotopic (exact) mass is 278 g/mol. The fourth-order valence-electron chi connectivity index (χ4n) is 3.24. The molecule has 2 fully saturated rings. The highest BCUT2D eigenvalue weighted by atomic mass is 35.5. The minimum Gasteiger partial charge on any atom is -0.338 e. The molecule has 2 aliphatic rings. The largest absolute Gasteiger partial charge is 0.338 e. The molecule has 2 atom stereocenters. The van der Waals surface area contributed by atoms with E-state index in [9.17, 15) is 4.79 Å². The van der Waals surface area contributed by atoms with Crippen LogP contribution in [0.2, 0.25) is 5.02 Å². The lowest BCUT2D eigenvalue weighted by Crippen LogP contribution is -2.44. The third-order valence-electron chi connectivity index (χ3n) is 4.27. The minimum absolute atomic E-state index is 0.112. The Hall–Kier alpha value is -1.22. The molecule has 0 spiro atoms. The summed E-state index contributed by atoms with van der Waals surface area (Å²) in [5, 5.41) is 3.78. The Balaban J connectivity index is 1.45. The van der Waals surface area contributed by atoms with Gasteiger partial charge in [0.05, 0.1) is 0 Å². The van der Waals surface area contributed by atoms with Crippen molar-refractivity contribution in [3.8, 4) is 0 Å². The van der Waals surface area contributed by atoms with Gasteiger partial charge in [0.2, 0.25) is 0 Å². The predicted molar refractivity (Wildman–Crippen MR) is 76.4 cm³/mol. The Morgan fingerprint density at radius 2 is 2.11 bits per heavy atom. The van der Waals surface area contributed by atoms with E-state index in [0.717, 1.165) is 23.9 Å². The zero-order valence-electron chi connectivity index (χ0n) is 10.9. The van der Waals surface area contributed by atoms with E-state index >= 15 is 0 Å². The van der Waals surface area contributed by atoms with Crippen molar-refractivity contribution in [3.63, 3.8) is 0 Å². The summed E-state index contributed by atoms with van der Waals surface area (Å²) < 4.78 is 0. The summed E-state index contributed by atoms with van der Waals surface area (Å²) in [7, 11) is 0. The summed E-state index contributed by atoms with van der Waals surface area (Å²) in [4.78, 5) is 14.1. The lowest BCUT2D eigenvalue weighted by Gasteiger charge is -2.27. The first-order valence-electron chi connectivity index (χ1n) is 7.01. The molecule has 1 aromatic rings. The van der Waals surface area contributed by atoms with E-state index in [1.165, 1.54) is 24.8 Å². The minimum atomic E-state index is 0.112. The van der Waals surface area contributed by atoms with Crippen LogP contribution in [0.4, 0.5) is 4.79 Å². The summed E-state index contributed by atoms with van der Waals surface area (Å²) in [6, 6.07) is 8.40. The molecule has 102 valence electrons. The normalized spacial score (nSPS) is 24.8. The van der Waals surface area contributed by atoms with E-state index in [-0.39, 0.29) is 6.03 Å². The molecule has 2 bridgehead atoms. The number of nitrogens with one attached hydrogen (secondary N) is 1. The first-order chi connectivity index (χ1) is 9.22. The van der Waals surface area contributed by atoms with Gasteiger partial charge in [0.15, 0.2) is 0 Å². The van der Waals surface area contributed by atoms with E-state index < -0.39 is 0 Å². The van der Waals surface area contributed by atoms with Gasteiger partial charge >= 0.3 is 6.03 Å². The van der Waals surface area contributed by atoms with E-state index in [1.807, 2.05) is 29.2 Å². The van der Waals surface area contributed by atoms with Gasteiger partial charge in [-0.05, 0) is 49.3 Å². The summed E-state index contributed by atoms with van der Waals surface area (Å²) in [6.07, 6.45) is 4.56. The molecule has 19 heavy (non-hydrogen) atoms. The van der Waals surface area contributed by atoms with Crippen molar-refractivity contribution in [1.82, 2.24) is 10.2 Å². The van der Waals surface area contributed by atoms with Gasteiger partial charge < -0.3 is 10.2 Å². The van der Waals surface area contributed by atoms with Crippen LogP contribution in [-0.2, 0) is 6.42 Å². The highest BCUT2D eigenvalue weighted by molar-refractivity contribution is 6.30. The highest BCUT2D eigenvalue weighted by Gasteiger charge is 2.39. The first kappa shape index (κ1) is 12.8. The van der Waals surface area contributed by atoms with E-state index in [1.54, 1.807) is 0 Å². The fourth-order valence-corrected chi connectivity index (χ4v) is 3.37. The Morgan fingerprint density at radius 1 is 1.32 bits per heavy atom. The molecule has 2 amide bonds. The van der Waals surface area contributed by atoms with Crippen LogP contribution in [0.25, 0.3) is 0 Å². The molecule has 4 heteroatoms. The average molecular weight is 279 g/mol. The summed E-state index contributed by atoms with van der Waals surface area (Å²) in [5.41, 5.74) is 1.20. The quantitative estimate of drug-likeness (QED) is 0.905. The van der Waals surface area contributed by atoms with Gasteiger partial charge in [-0.15, -0.1) is 0 Å². The molecule has 1 aromatic carbocycles. The topological polar surface area (TPSA) is 32.3 Å². The molecule has 1 aliphatic heterocycles. The summed E-state index contributed by atoms with van der Waals surface area (Å²) in [5.74, 6) is 0.756. The van der Waals surface area contributed by atoms with Crippen LogP contribution in [0.1, 0.15) is 24.8 Å². The zero-order valence-corrected chi connectivity index (χ0v) is 11.7. The van der Waals surface area contributed by atoms with Crippen molar-refractivity contribution >= 4 is 17.6 Å². The van der Waals surface area contributed by atoms with Crippen LogP contribution in [-0.4, -0.2) is 30.1 Å². The fraction of sp³-hybridized carbons (Fsp3) is 0.533. The highest BCUT2D eigenvalue weighted by Crippen LogP contribution is 2.37. The number of rotatable bonds is 3. The van der Waals surface area contributed by atoms with Gasteiger partial charge in [0, 0.05) is 24.2 Å². The molecule has 1 heterocycles. The molecule has 0 radical (unpaired) electrons. The maximum Gasteiger partial charge on any atom is 0.317 e. The Bertz CT molecular complexity index is 460. The van der Waals surface area contributed by atoms with Crippen LogP contribution in [0, 0.1) is 5.92 Å². The second-order valence-electron chi connectivity index (χ2n) is 5.59. The molecule has 2 unspecified atom stereocenters. The number of urea groups is 1. The molecule has 1 saturated heterocycles. The molecular weight excluding hydrogens is 260 g/mol. The molecular formula is C15H19ClN2O. The first-order valence-corrected chi connectivity index (χ1v) is 7.39. The van der Waals surface area contributed by atoms with E-state index in [4.69, 9.17) is 11.6 Å². The number of likely N-dealkylation sites (tertiary alicyclic amines) is 1. The van der Waals surface area contributed by atoms with Crippen LogP contribution in [0.3, 0.4) is 0 Å². The van der Waals surface area contributed by atoms with Crippen molar-refractivity contribution in [1.29, 1.82) is 0 Å². The van der Waals surface area contributed by atoms with Crippen molar-refractivity contribution in [2.45, 2.75) is 31.7 Å². The molecule has 1 N–H and O–H groups in total. The molecule has 3 nitrogen and oxygen atoms in total. The van der Waals surface area contributed by atoms with E-state index in [2.05, 4.69) is 5.32 Å². The van der Waals surface area contributed by atoms with Crippen LogP contribution < -0.4 is 5.32 Å². The number of carbonyl (C=O) groups is 1. The second kappa shape index (κ2) is 5.41. The Labute approximate surface area is 118 Å². The number of carbonyl (C=O) groups excluding carboxylic acids is 1.